The van der Waals surface area contributed by atoms with Crippen LogP contribution in [0.5, 0.6) is 0 Å². The van der Waals surface area contributed by atoms with Crippen LogP contribution in [0.2, 0.25) is 0 Å². The smallest absolute Gasteiger partial charge is 0.246 e. The summed E-state index contributed by atoms with van der Waals surface area (Å²) in [4.78, 5) is 12.9. The van der Waals surface area contributed by atoms with E-state index in [0.29, 0.717) is 12.0 Å². The number of aliphatic hydroxyl groups is 2. The van der Waals surface area contributed by atoms with E-state index in [2.05, 4.69) is 0 Å². The lowest BCUT2D eigenvalue weighted by atomic mass is 10.1. The number of nitrogens with two attached hydrogens (primary N) is 1. The minimum Gasteiger partial charge on any atom is -0.400 e. The van der Waals surface area contributed by atoms with Gasteiger partial charge in [-0.1, -0.05) is 6.08 Å². The van der Waals surface area contributed by atoms with E-state index in [4.69, 9.17) is 20.7 Å². The zero-order valence-corrected chi connectivity index (χ0v) is 10.5. The van der Waals surface area contributed by atoms with Crippen LogP contribution in [0.3, 0.4) is 0 Å². The summed E-state index contributed by atoms with van der Waals surface area (Å²) in [5.41, 5.74) is 5.81. The maximum Gasteiger partial charge on any atom is 0.246 e. The molecule has 4 N–H and O–H groups in total. The average molecular weight is 256 g/mol. The lowest BCUT2D eigenvalue weighted by Crippen LogP contribution is -2.30. The third-order valence-corrected chi connectivity index (χ3v) is 2.86. The first-order chi connectivity index (χ1) is 8.70. The molecule has 2 atom stereocenters. The second kappa shape index (κ2) is 7.15. The Kier molecular flexibility index (Phi) is 5.84. The quantitative estimate of drug-likeness (QED) is 0.643. The maximum atomic E-state index is 11.0. The van der Waals surface area contributed by atoms with Gasteiger partial charge in [-0.3, -0.25) is 4.79 Å². The molecule has 2 rings (SSSR count). The highest BCUT2D eigenvalue weighted by atomic mass is 16.5. The first-order valence-corrected chi connectivity index (χ1v) is 5.86. The largest absolute Gasteiger partial charge is 0.400 e. The summed E-state index contributed by atoms with van der Waals surface area (Å²) in [5, 5.41) is 16.0. The Hall–Kier alpha value is -1.37. The molecule has 0 aliphatic carbocycles. The summed E-state index contributed by atoms with van der Waals surface area (Å²) in [6.07, 6.45) is 7.57. The second-order valence-electron chi connectivity index (χ2n) is 4.03. The van der Waals surface area contributed by atoms with Crippen molar-refractivity contribution in [1.82, 2.24) is 4.90 Å². The van der Waals surface area contributed by atoms with E-state index in [0.717, 1.165) is 20.0 Å². The Labute approximate surface area is 106 Å². The van der Waals surface area contributed by atoms with Crippen LogP contribution in [0, 0.1) is 0 Å². The lowest BCUT2D eigenvalue weighted by Gasteiger charge is -2.26. The molecule has 2 aliphatic rings. The van der Waals surface area contributed by atoms with Crippen molar-refractivity contribution in [2.75, 3.05) is 13.7 Å². The van der Waals surface area contributed by atoms with Crippen molar-refractivity contribution in [3.8, 4) is 0 Å². The molecule has 2 unspecified atom stereocenters. The van der Waals surface area contributed by atoms with Crippen LogP contribution in [0.25, 0.3) is 0 Å². The standard InChI is InChI=1S/C11H16N2O3.CH4O/c12-11(15)8-2-1-5-13(6-8)10-4-3-9(7-14)16-10;1-2/h1,5-6,9-10,14H,2-4,7H2,(H2,12,15);2H,1H3. The SMILES string of the molecule is CO.NC(=O)C1=CN(C2CCC(CO)O2)C=CC1. The minimum absolute atomic E-state index is 0.0421. The van der Waals surface area contributed by atoms with E-state index in [9.17, 15) is 4.79 Å². The first kappa shape index (κ1) is 14.7. The number of allylic oxidation sites excluding steroid dienone is 1. The number of rotatable bonds is 3. The summed E-state index contributed by atoms with van der Waals surface area (Å²) in [6.45, 7) is 0.0421. The molecule has 0 aromatic rings. The van der Waals surface area contributed by atoms with E-state index in [-0.39, 0.29) is 18.9 Å². The summed E-state index contributed by atoms with van der Waals surface area (Å²) in [7, 11) is 1.00. The van der Waals surface area contributed by atoms with Gasteiger partial charge in [0.2, 0.25) is 5.91 Å². The zero-order valence-electron chi connectivity index (χ0n) is 10.5. The molecule has 102 valence electrons. The van der Waals surface area contributed by atoms with Crippen LogP contribution in [-0.2, 0) is 9.53 Å². The molecule has 2 heterocycles. The number of carbonyl (C=O) groups is 1. The van der Waals surface area contributed by atoms with Crippen LogP contribution < -0.4 is 5.73 Å². The number of hydrogen-bond acceptors (Lipinski definition) is 5. The molecule has 0 aromatic carbocycles. The van der Waals surface area contributed by atoms with Gasteiger partial charge in [-0.15, -0.1) is 0 Å². The molecule has 6 nitrogen and oxygen atoms in total. The molecule has 2 aliphatic heterocycles. The van der Waals surface area contributed by atoms with Crippen molar-refractivity contribution in [3.63, 3.8) is 0 Å². The molecule has 18 heavy (non-hydrogen) atoms. The molecule has 1 fully saturated rings. The van der Waals surface area contributed by atoms with Crippen LogP contribution in [0.1, 0.15) is 19.3 Å². The van der Waals surface area contributed by atoms with Crippen LogP contribution in [-0.4, -0.2) is 47.1 Å². The Morgan fingerprint density at radius 2 is 2.28 bits per heavy atom. The molecule has 1 saturated heterocycles. The molecular weight excluding hydrogens is 236 g/mol. The van der Waals surface area contributed by atoms with E-state index >= 15 is 0 Å². The second-order valence-corrected chi connectivity index (χ2v) is 4.03. The number of ether oxygens (including phenoxy) is 1. The van der Waals surface area contributed by atoms with Crippen LogP contribution in [0.4, 0.5) is 0 Å². The summed E-state index contributed by atoms with van der Waals surface area (Å²) in [5.74, 6) is -0.397. The van der Waals surface area contributed by atoms with Crippen molar-refractivity contribution in [2.24, 2.45) is 5.73 Å². The first-order valence-electron chi connectivity index (χ1n) is 5.86. The third-order valence-electron chi connectivity index (χ3n) is 2.86. The minimum atomic E-state index is -0.397. The Bertz CT molecular complexity index is 341. The lowest BCUT2D eigenvalue weighted by molar-refractivity contribution is -0.114. The predicted molar refractivity (Wildman–Crippen MR) is 66.0 cm³/mol. The topological polar surface area (TPSA) is 96.0 Å². The fraction of sp³-hybridized carbons (Fsp3) is 0.583. The molecule has 0 saturated carbocycles. The van der Waals surface area contributed by atoms with Gasteiger partial charge in [0.15, 0.2) is 0 Å². The van der Waals surface area contributed by atoms with E-state index in [1.165, 1.54) is 0 Å². The highest BCUT2D eigenvalue weighted by Gasteiger charge is 2.28. The van der Waals surface area contributed by atoms with Gasteiger partial charge in [-0.2, -0.15) is 0 Å². The Morgan fingerprint density at radius 3 is 2.83 bits per heavy atom. The van der Waals surface area contributed by atoms with E-state index < -0.39 is 5.91 Å². The van der Waals surface area contributed by atoms with Crippen molar-refractivity contribution < 1.29 is 19.7 Å². The molecule has 0 bridgehead atoms. The Balaban J connectivity index is 0.000000771. The van der Waals surface area contributed by atoms with Crippen molar-refractivity contribution in [1.29, 1.82) is 0 Å². The number of nitrogens with zero attached hydrogens (tertiary/aromatic N) is 1. The molecule has 0 radical (unpaired) electrons. The number of primary amides is 1. The van der Waals surface area contributed by atoms with Crippen LogP contribution >= 0.6 is 0 Å². The number of hydrogen-bond donors (Lipinski definition) is 3. The summed E-state index contributed by atoms with van der Waals surface area (Å²) < 4.78 is 5.61. The van der Waals surface area contributed by atoms with Gasteiger partial charge < -0.3 is 25.6 Å². The molecule has 0 spiro atoms. The number of aliphatic hydroxyl groups excluding tert-OH is 2. The third kappa shape index (κ3) is 3.56. The molecular formula is C12H20N2O4. The highest BCUT2D eigenvalue weighted by molar-refractivity contribution is 5.92. The Morgan fingerprint density at radius 1 is 1.56 bits per heavy atom. The molecule has 1 amide bonds. The van der Waals surface area contributed by atoms with E-state index in [1.54, 1.807) is 6.20 Å². The van der Waals surface area contributed by atoms with Crippen molar-refractivity contribution in [2.45, 2.75) is 31.6 Å². The number of carbonyl (C=O) groups excluding carboxylic acids is 1. The van der Waals surface area contributed by atoms with Gasteiger partial charge in [0.25, 0.3) is 0 Å². The van der Waals surface area contributed by atoms with Crippen LogP contribution in [0.15, 0.2) is 24.0 Å². The maximum absolute atomic E-state index is 11.0. The fourth-order valence-electron chi connectivity index (χ4n) is 1.96. The normalized spacial score (nSPS) is 26.4. The van der Waals surface area contributed by atoms with Crippen molar-refractivity contribution >= 4 is 5.91 Å². The van der Waals surface area contributed by atoms with Gasteiger partial charge in [0, 0.05) is 25.1 Å². The fourth-order valence-corrected chi connectivity index (χ4v) is 1.96. The van der Waals surface area contributed by atoms with Gasteiger partial charge in [0.05, 0.1) is 12.7 Å². The molecule has 6 heteroatoms. The summed E-state index contributed by atoms with van der Waals surface area (Å²) in [6, 6.07) is 0. The van der Waals surface area contributed by atoms with Gasteiger partial charge in [-0.25, -0.2) is 0 Å². The van der Waals surface area contributed by atoms with Gasteiger partial charge in [0.1, 0.15) is 6.23 Å². The highest BCUT2D eigenvalue weighted by Crippen LogP contribution is 2.25. The average Bonchev–Trinajstić information content (AvgIpc) is 2.90. The zero-order chi connectivity index (χ0) is 13.5. The molecule has 0 aromatic heterocycles. The van der Waals surface area contributed by atoms with Crippen molar-refractivity contribution in [3.05, 3.63) is 24.0 Å². The number of amides is 1. The monoisotopic (exact) mass is 256 g/mol. The van der Waals surface area contributed by atoms with Gasteiger partial charge >= 0.3 is 0 Å². The predicted octanol–water partition coefficient (Wildman–Crippen LogP) is -0.319. The van der Waals surface area contributed by atoms with E-state index in [1.807, 2.05) is 17.2 Å². The van der Waals surface area contributed by atoms with Gasteiger partial charge in [-0.05, 0) is 19.3 Å². The summed E-state index contributed by atoms with van der Waals surface area (Å²) >= 11 is 0.